The number of phenols is 1. The number of amides is 1. The van der Waals surface area contributed by atoms with Gasteiger partial charge >= 0.3 is 0 Å². The van der Waals surface area contributed by atoms with Crippen LogP contribution in [0.4, 0.5) is 0 Å². The lowest BCUT2D eigenvalue weighted by molar-refractivity contribution is -0.124. The molecule has 1 aliphatic heterocycles. The highest BCUT2D eigenvalue weighted by atomic mass is 32.2. The van der Waals surface area contributed by atoms with Crippen LogP contribution in [0.15, 0.2) is 17.0 Å². The van der Waals surface area contributed by atoms with Crippen molar-refractivity contribution < 1.29 is 9.90 Å². The molecule has 1 aliphatic rings. The molecular formula is C20H30N2O2S. The van der Waals surface area contributed by atoms with E-state index in [1.165, 1.54) is 0 Å². The number of hydrogen-bond acceptors (Lipinski definition) is 4. The van der Waals surface area contributed by atoms with Gasteiger partial charge in [0.25, 0.3) is 5.91 Å². The van der Waals surface area contributed by atoms with Gasteiger partial charge in [0.15, 0.2) is 0 Å². The van der Waals surface area contributed by atoms with Gasteiger partial charge in [0.2, 0.25) is 0 Å². The van der Waals surface area contributed by atoms with Crippen LogP contribution in [0.1, 0.15) is 58.2 Å². The Hall–Kier alpha value is -1.46. The zero-order valence-corrected chi connectivity index (χ0v) is 17.0. The third-order valence-electron chi connectivity index (χ3n) is 4.32. The summed E-state index contributed by atoms with van der Waals surface area (Å²) in [6.07, 6.45) is 1.94. The molecule has 0 aromatic heterocycles. The molecule has 4 nitrogen and oxygen atoms in total. The van der Waals surface area contributed by atoms with Gasteiger partial charge in [0.1, 0.15) is 5.75 Å². The van der Waals surface area contributed by atoms with Gasteiger partial charge < -0.3 is 15.7 Å². The first-order valence-electron chi connectivity index (χ1n) is 8.67. The summed E-state index contributed by atoms with van der Waals surface area (Å²) in [5.74, 6) is 1.05. The maximum atomic E-state index is 12.5. The predicted molar refractivity (Wildman–Crippen MR) is 107 cm³/mol. The smallest absolute Gasteiger partial charge is 0.261 e. The van der Waals surface area contributed by atoms with Crippen molar-refractivity contribution in [1.29, 1.82) is 0 Å². The summed E-state index contributed by atoms with van der Waals surface area (Å²) in [6, 6.07) is 3.99. The maximum absolute atomic E-state index is 12.5. The van der Waals surface area contributed by atoms with E-state index in [0.717, 1.165) is 21.6 Å². The number of benzene rings is 1. The fourth-order valence-electron chi connectivity index (χ4n) is 2.88. The van der Waals surface area contributed by atoms with Gasteiger partial charge in [-0.15, -0.1) is 0 Å². The third kappa shape index (κ3) is 4.39. The van der Waals surface area contributed by atoms with Crippen LogP contribution in [0.2, 0.25) is 0 Å². The molecule has 138 valence electrons. The number of phenolic OH excluding ortho intramolecular Hbond substituents is 1. The Bertz CT molecular complexity index is 662. The minimum absolute atomic E-state index is 0.0399. The van der Waals surface area contributed by atoms with Crippen LogP contribution in [-0.2, 0) is 15.6 Å². The Morgan fingerprint density at radius 3 is 2.12 bits per heavy atom. The summed E-state index contributed by atoms with van der Waals surface area (Å²) in [4.78, 5) is 15.0. The molecule has 0 spiro atoms. The molecule has 1 amide bonds. The van der Waals surface area contributed by atoms with Gasteiger partial charge in [0, 0.05) is 24.2 Å². The summed E-state index contributed by atoms with van der Waals surface area (Å²) < 4.78 is 0. The second-order valence-corrected chi connectivity index (χ2v) is 9.59. The highest BCUT2D eigenvalue weighted by Gasteiger charge is 2.28. The topological polar surface area (TPSA) is 66.6 Å². The Labute approximate surface area is 155 Å². The Balaban J connectivity index is 2.52. The number of thioether (sulfide) groups is 1. The van der Waals surface area contributed by atoms with E-state index in [-0.39, 0.29) is 16.7 Å². The lowest BCUT2D eigenvalue weighted by Crippen LogP contribution is -2.30. The van der Waals surface area contributed by atoms with E-state index in [2.05, 4.69) is 41.5 Å². The molecule has 0 bridgehead atoms. The van der Waals surface area contributed by atoms with Gasteiger partial charge in [-0.3, -0.25) is 4.79 Å². The highest BCUT2D eigenvalue weighted by molar-refractivity contribution is 8.04. The van der Waals surface area contributed by atoms with E-state index in [1.807, 2.05) is 18.2 Å². The second-order valence-electron chi connectivity index (χ2n) is 8.60. The number of carbonyl (C=O) groups excluding carboxylic acids is 1. The first kappa shape index (κ1) is 19.9. The molecule has 0 saturated carbocycles. The molecule has 2 rings (SSSR count). The number of nitrogens with zero attached hydrogens (tertiary/aromatic N) is 1. The minimum Gasteiger partial charge on any atom is -0.507 e. The molecule has 1 aromatic rings. The second kappa shape index (κ2) is 7.04. The molecule has 5 heteroatoms. The average Bonchev–Trinajstić information content (AvgIpc) is 2.80. The standard InChI is InChI=1S/C20H30N2O2S/c1-19(2,3)14-9-13(10-15(17(14)23)20(4,5)6)11-16-18(24)22(8-7-21)12-25-16/h9-11,23H,7-8,12,21H2,1-6H3/b16-11-. The summed E-state index contributed by atoms with van der Waals surface area (Å²) in [6.45, 7) is 13.6. The van der Waals surface area contributed by atoms with Crippen LogP contribution in [0.5, 0.6) is 5.75 Å². The largest absolute Gasteiger partial charge is 0.507 e. The lowest BCUT2D eigenvalue weighted by Gasteiger charge is -2.28. The van der Waals surface area contributed by atoms with Crippen molar-refractivity contribution in [3.63, 3.8) is 0 Å². The van der Waals surface area contributed by atoms with Crippen LogP contribution < -0.4 is 5.73 Å². The molecule has 1 aromatic carbocycles. The van der Waals surface area contributed by atoms with Crippen LogP contribution >= 0.6 is 11.8 Å². The number of aromatic hydroxyl groups is 1. The molecule has 1 saturated heterocycles. The number of hydrogen-bond donors (Lipinski definition) is 2. The van der Waals surface area contributed by atoms with Crippen molar-refractivity contribution in [2.45, 2.75) is 52.4 Å². The van der Waals surface area contributed by atoms with Gasteiger partial charge in [-0.2, -0.15) is 0 Å². The van der Waals surface area contributed by atoms with Gasteiger partial charge in [-0.1, -0.05) is 53.3 Å². The summed E-state index contributed by atoms with van der Waals surface area (Å²) in [7, 11) is 0. The number of rotatable bonds is 3. The average molecular weight is 363 g/mol. The SMILES string of the molecule is CC(C)(C)c1cc(/C=C2\SCN(CCN)C2=O)cc(C(C)(C)C)c1O. The van der Waals surface area contributed by atoms with Crippen molar-refractivity contribution in [3.05, 3.63) is 33.7 Å². The van der Waals surface area contributed by atoms with Crippen LogP contribution in [-0.4, -0.2) is 34.9 Å². The van der Waals surface area contributed by atoms with Crippen LogP contribution in [0.3, 0.4) is 0 Å². The monoisotopic (exact) mass is 362 g/mol. The summed E-state index contributed by atoms with van der Waals surface area (Å²) in [5.41, 5.74) is 7.97. The zero-order chi connectivity index (χ0) is 19.0. The minimum atomic E-state index is -0.184. The molecule has 1 heterocycles. The Morgan fingerprint density at radius 2 is 1.68 bits per heavy atom. The van der Waals surface area contributed by atoms with Crippen molar-refractivity contribution in [1.82, 2.24) is 4.90 Å². The molecule has 0 radical (unpaired) electrons. The van der Waals surface area contributed by atoms with Crippen molar-refractivity contribution in [2.75, 3.05) is 19.0 Å². The quantitative estimate of drug-likeness (QED) is 0.802. The molecular weight excluding hydrogens is 332 g/mol. The fraction of sp³-hybridized carbons (Fsp3) is 0.550. The lowest BCUT2D eigenvalue weighted by atomic mass is 9.78. The van der Waals surface area contributed by atoms with Crippen molar-refractivity contribution in [3.8, 4) is 5.75 Å². The normalized spacial score (nSPS) is 17.6. The first-order valence-corrected chi connectivity index (χ1v) is 9.65. The van der Waals surface area contributed by atoms with Crippen LogP contribution in [0.25, 0.3) is 6.08 Å². The zero-order valence-electron chi connectivity index (χ0n) is 16.1. The maximum Gasteiger partial charge on any atom is 0.261 e. The molecule has 0 unspecified atom stereocenters. The summed E-state index contributed by atoms with van der Waals surface area (Å²) >= 11 is 1.54. The van der Waals surface area contributed by atoms with E-state index in [9.17, 15) is 9.90 Å². The van der Waals surface area contributed by atoms with Crippen LogP contribution in [0, 0.1) is 0 Å². The van der Waals surface area contributed by atoms with Crippen molar-refractivity contribution >= 4 is 23.7 Å². The predicted octanol–water partition coefficient (Wildman–Crippen LogP) is 3.82. The first-order chi connectivity index (χ1) is 11.4. The third-order valence-corrected chi connectivity index (χ3v) is 5.36. The number of nitrogens with two attached hydrogens (primary N) is 1. The van der Waals surface area contributed by atoms with E-state index < -0.39 is 0 Å². The van der Waals surface area contributed by atoms with Gasteiger partial charge in [0.05, 0.1) is 10.8 Å². The molecule has 1 fully saturated rings. The molecule has 25 heavy (non-hydrogen) atoms. The van der Waals surface area contributed by atoms with E-state index >= 15 is 0 Å². The van der Waals surface area contributed by atoms with Gasteiger partial charge in [-0.05, 0) is 34.6 Å². The summed E-state index contributed by atoms with van der Waals surface area (Å²) in [5, 5.41) is 10.8. The number of carbonyl (C=O) groups is 1. The molecule has 3 N–H and O–H groups in total. The Morgan fingerprint density at radius 1 is 1.16 bits per heavy atom. The van der Waals surface area contributed by atoms with E-state index in [0.29, 0.717) is 24.7 Å². The van der Waals surface area contributed by atoms with E-state index in [4.69, 9.17) is 5.73 Å². The van der Waals surface area contributed by atoms with Gasteiger partial charge in [-0.25, -0.2) is 0 Å². The molecule has 0 atom stereocenters. The van der Waals surface area contributed by atoms with Crippen molar-refractivity contribution in [2.24, 2.45) is 5.73 Å². The Kier molecular flexibility index (Phi) is 5.59. The highest BCUT2D eigenvalue weighted by Crippen LogP contribution is 2.41. The molecule has 0 aliphatic carbocycles. The van der Waals surface area contributed by atoms with E-state index in [1.54, 1.807) is 16.7 Å². The fourth-order valence-corrected chi connectivity index (χ4v) is 3.90.